The normalized spacial score (nSPS) is 27.8. The molecule has 0 aromatic rings. The third-order valence-electron chi connectivity index (χ3n) is 4.43. The molecule has 0 aromatic heterocycles. The zero-order valence-electron chi connectivity index (χ0n) is 12.5. The number of hydrogen-bond acceptors (Lipinski definition) is 3. The van der Waals surface area contributed by atoms with E-state index in [0.29, 0.717) is 0 Å². The molecule has 0 saturated carbocycles. The first-order valence-electron chi connectivity index (χ1n) is 7.82. The lowest BCUT2D eigenvalue weighted by molar-refractivity contribution is 0.155. The quantitative estimate of drug-likeness (QED) is 0.808. The van der Waals surface area contributed by atoms with Crippen LogP contribution in [0.3, 0.4) is 0 Å². The summed E-state index contributed by atoms with van der Waals surface area (Å²) in [6.07, 6.45) is 5.65. The zero-order valence-corrected chi connectivity index (χ0v) is 12.5. The Bertz CT molecular complexity index is 246. The van der Waals surface area contributed by atoms with E-state index in [9.17, 15) is 0 Å². The standard InChI is InChI=1S/C15H31N3/c1-4-16-15(2,3)13-17-11-8-14(12-17)18-9-6-5-7-10-18/h14,16H,4-13H2,1-3H3. The largest absolute Gasteiger partial charge is 0.311 e. The Morgan fingerprint density at radius 3 is 2.50 bits per heavy atom. The van der Waals surface area contributed by atoms with Crippen LogP contribution in [-0.2, 0) is 0 Å². The maximum Gasteiger partial charge on any atom is 0.0252 e. The van der Waals surface area contributed by atoms with Crippen molar-refractivity contribution in [2.45, 2.75) is 58.0 Å². The highest BCUT2D eigenvalue weighted by Gasteiger charge is 2.31. The Kier molecular flexibility index (Phi) is 5.05. The molecule has 2 aliphatic heterocycles. The molecule has 2 heterocycles. The van der Waals surface area contributed by atoms with Gasteiger partial charge in [0.25, 0.3) is 0 Å². The summed E-state index contributed by atoms with van der Waals surface area (Å²) >= 11 is 0. The van der Waals surface area contributed by atoms with E-state index >= 15 is 0 Å². The molecule has 2 fully saturated rings. The fraction of sp³-hybridized carbons (Fsp3) is 1.00. The van der Waals surface area contributed by atoms with Crippen molar-refractivity contribution >= 4 is 0 Å². The molecule has 1 unspecified atom stereocenters. The van der Waals surface area contributed by atoms with Gasteiger partial charge in [-0.2, -0.15) is 0 Å². The molecule has 18 heavy (non-hydrogen) atoms. The van der Waals surface area contributed by atoms with Crippen LogP contribution in [0.5, 0.6) is 0 Å². The van der Waals surface area contributed by atoms with Crippen LogP contribution in [0.25, 0.3) is 0 Å². The Morgan fingerprint density at radius 1 is 1.11 bits per heavy atom. The first-order valence-corrected chi connectivity index (χ1v) is 7.82. The van der Waals surface area contributed by atoms with Crippen molar-refractivity contribution < 1.29 is 0 Å². The van der Waals surface area contributed by atoms with Crippen LogP contribution < -0.4 is 5.32 Å². The number of likely N-dealkylation sites (N-methyl/N-ethyl adjacent to an activating group) is 1. The summed E-state index contributed by atoms with van der Waals surface area (Å²) in [5, 5.41) is 3.59. The topological polar surface area (TPSA) is 18.5 Å². The van der Waals surface area contributed by atoms with Crippen LogP contribution in [0, 0.1) is 0 Å². The van der Waals surface area contributed by atoms with Gasteiger partial charge in [-0.25, -0.2) is 0 Å². The summed E-state index contributed by atoms with van der Waals surface area (Å²) in [4.78, 5) is 5.39. The summed E-state index contributed by atoms with van der Waals surface area (Å²) in [6, 6.07) is 0.836. The minimum atomic E-state index is 0.255. The molecular formula is C15H31N3. The molecule has 2 saturated heterocycles. The third-order valence-corrected chi connectivity index (χ3v) is 4.43. The molecule has 0 amide bonds. The van der Waals surface area contributed by atoms with Gasteiger partial charge in [-0.05, 0) is 59.3 Å². The highest BCUT2D eigenvalue weighted by atomic mass is 15.3. The summed E-state index contributed by atoms with van der Waals surface area (Å²) in [5.41, 5.74) is 0.255. The van der Waals surface area contributed by atoms with Gasteiger partial charge in [-0.3, -0.25) is 9.80 Å². The Balaban J connectivity index is 1.77. The summed E-state index contributed by atoms with van der Waals surface area (Å²) in [5.74, 6) is 0. The summed E-state index contributed by atoms with van der Waals surface area (Å²) in [6.45, 7) is 14.4. The Hall–Kier alpha value is -0.120. The van der Waals surface area contributed by atoms with E-state index in [1.54, 1.807) is 0 Å². The van der Waals surface area contributed by atoms with Crippen LogP contribution in [-0.4, -0.2) is 60.6 Å². The highest BCUT2D eigenvalue weighted by Crippen LogP contribution is 2.21. The van der Waals surface area contributed by atoms with Gasteiger partial charge in [-0.1, -0.05) is 13.3 Å². The van der Waals surface area contributed by atoms with Gasteiger partial charge in [0.2, 0.25) is 0 Å². The van der Waals surface area contributed by atoms with Gasteiger partial charge in [0.15, 0.2) is 0 Å². The maximum absolute atomic E-state index is 3.59. The third kappa shape index (κ3) is 3.94. The molecule has 3 nitrogen and oxygen atoms in total. The van der Waals surface area contributed by atoms with E-state index in [4.69, 9.17) is 0 Å². The molecule has 3 heteroatoms. The molecule has 106 valence electrons. The number of piperidine rings is 1. The van der Waals surface area contributed by atoms with Crippen molar-refractivity contribution in [3.05, 3.63) is 0 Å². The molecule has 2 aliphatic rings. The van der Waals surface area contributed by atoms with Gasteiger partial charge < -0.3 is 5.32 Å². The lowest BCUT2D eigenvalue weighted by Crippen LogP contribution is -2.49. The van der Waals surface area contributed by atoms with E-state index in [1.807, 2.05) is 0 Å². The van der Waals surface area contributed by atoms with Crippen molar-refractivity contribution in [3.63, 3.8) is 0 Å². The molecule has 1 atom stereocenters. The molecule has 0 radical (unpaired) electrons. The second-order valence-corrected chi connectivity index (χ2v) is 6.69. The van der Waals surface area contributed by atoms with Crippen LogP contribution in [0.15, 0.2) is 0 Å². The number of hydrogen-bond donors (Lipinski definition) is 1. The van der Waals surface area contributed by atoms with Crippen molar-refractivity contribution in [1.29, 1.82) is 0 Å². The number of nitrogens with zero attached hydrogens (tertiary/aromatic N) is 2. The van der Waals surface area contributed by atoms with Crippen LogP contribution in [0.4, 0.5) is 0 Å². The average molecular weight is 253 g/mol. The lowest BCUT2D eigenvalue weighted by atomic mass is 10.1. The molecule has 0 aliphatic carbocycles. The predicted octanol–water partition coefficient (Wildman–Crippen LogP) is 1.93. The van der Waals surface area contributed by atoms with E-state index < -0.39 is 0 Å². The van der Waals surface area contributed by atoms with Crippen molar-refractivity contribution in [2.75, 3.05) is 39.3 Å². The van der Waals surface area contributed by atoms with Gasteiger partial charge in [0.05, 0.1) is 0 Å². The van der Waals surface area contributed by atoms with Gasteiger partial charge in [-0.15, -0.1) is 0 Å². The SMILES string of the molecule is CCNC(C)(C)CN1CCC(N2CCCCC2)C1. The first kappa shape index (κ1) is 14.3. The van der Waals surface area contributed by atoms with Crippen LogP contribution in [0.2, 0.25) is 0 Å². The number of likely N-dealkylation sites (tertiary alicyclic amines) is 2. The van der Waals surface area contributed by atoms with Gasteiger partial charge in [0, 0.05) is 24.7 Å². The first-order chi connectivity index (χ1) is 8.61. The smallest absolute Gasteiger partial charge is 0.0252 e. The molecule has 2 rings (SSSR count). The fourth-order valence-corrected chi connectivity index (χ4v) is 3.63. The number of nitrogens with one attached hydrogen (secondary N) is 1. The summed E-state index contributed by atoms with van der Waals surface area (Å²) in [7, 11) is 0. The maximum atomic E-state index is 3.59. The van der Waals surface area contributed by atoms with E-state index in [1.165, 1.54) is 58.4 Å². The van der Waals surface area contributed by atoms with Crippen LogP contribution >= 0.6 is 0 Å². The second kappa shape index (κ2) is 6.36. The molecule has 1 N–H and O–H groups in total. The molecule has 0 aromatic carbocycles. The minimum absolute atomic E-state index is 0.255. The monoisotopic (exact) mass is 253 g/mol. The second-order valence-electron chi connectivity index (χ2n) is 6.69. The minimum Gasteiger partial charge on any atom is -0.311 e. The molecular weight excluding hydrogens is 222 g/mol. The molecule has 0 bridgehead atoms. The van der Waals surface area contributed by atoms with E-state index in [0.717, 1.165) is 12.6 Å². The molecule has 0 spiro atoms. The van der Waals surface area contributed by atoms with Crippen molar-refractivity contribution in [3.8, 4) is 0 Å². The Labute approximate surface area is 113 Å². The predicted molar refractivity (Wildman–Crippen MR) is 78.0 cm³/mol. The lowest BCUT2D eigenvalue weighted by Gasteiger charge is -2.34. The Morgan fingerprint density at radius 2 is 1.83 bits per heavy atom. The average Bonchev–Trinajstić information content (AvgIpc) is 2.77. The van der Waals surface area contributed by atoms with Crippen molar-refractivity contribution in [2.24, 2.45) is 0 Å². The van der Waals surface area contributed by atoms with Gasteiger partial charge in [0.1, 0.15) is 0 Å². The highest BCUT2D eigenvalue weighted by molar-refractivity contribution is 4.89. The number of rotatable bonds is 5. The van der Waals surface area contributed by atoms with Crippen LogP contribution in [0.1, 0.15) is 46.5 Å². The summed E-state index contributed by atoms with van der Waals surface area (Å²) < 4.78 is 0. The van der Waals surface area contributed by atoms with E-state index in [-0.39, 0.29) is 5.54 Å². The van der Waals surface area contributed by atoms with Crippen molar-refractivity contribution in [1.82, 2.24) is 15.1 Å². The van der Waals surface area contributed by atoms with Gasteiger partial charge >= 0.3 is 0 Å². The zero-order chi connectivity index (χ0) is 13.0. The van der Waals surface area contributed by atoms with E-state index in [2.05, 4.69) is 35.9 Å². The fourth-order valence-electron chi connectivity index (χ4n) is 3.63.